The zero-order chi connectivity index (χ0) is 16.1. The number of ether oxygens (including phenoxy) is 2. The van der Waals surface area contributed by atoms with Gasteiger partial charge in [0.15, 0.2) is 11.9 Å². The van der Waals surface area contributed by atoms with E-state index < -0.39 is 12.1 Å². The van der Waals surface area contributed by atoms with E-state index in [4.69, 9.17) is 16.3 Å². The van der Waals surface area contributed by atoms with Gasteiger partial charge in [0, 0.05) is 16.1 Å². The number of benzene rings is 2. The maximum Gasteiger partial charge on any atom is 0.346 e. The highest BCUT2D eigenvalue weighted by Gasteiger charge is 2.15. The molecule has 0 fully saturated rings. The highest BCUT2D eigenvalue weighted by molar-refractivity contribution is 6.30. The Morgan fingerprint density at radius 3 is 1.95 bits per heavy atom. The second-order valence-corrected chi connectivity index (χ2v) is 5.08. The molecule has 1 unspecified atom stereocenters. The molecule has 0 bridgehead atoms. The van der Waals surface area contributed by atoms with Gasteiger partial charge in [0.2, 0.25) is 0 Å². The van der Waals surface area contributed by atoms with Crippen LogP contribution in [0.1, 0.15) is 22.8 Å². The zero-order valence-electron chi connectivity index (χ0n) is 12.2. The number of hydrogen-bond donors (Lipinski definition) is 0. The van der Waals surface area contributed by atoms with Crippen LogP contribution in [0.3, 0.4) is 0 Å². The van der Waals surface area contributed by atoms with Gasteiger partial charge in [-0.05, 0) is 55.5 Å². The first kappa shape index (κ1) is 16.0. The summed E-state index contributed by atoms with van der Waals surface area (Å²) >= 11 is 5.80. The molecule has 5 heteroatoms. The number of methoxy groups -OCH3 is 1. The third-order valence-corrected chi connectivity index (χ3v) is 3.32. The Kier molecular flexibility index (Phi) is 5.17. The molecule has 0 spiro atoms. The van der Waals surface area contributed by atoms with Crippen molar-refractivity contribution in [2.75, 3.05) is 7.11 Å². The second-order valence-electron chi connectivity index (χ2n) is 4.64. The van der Waals surface area contributed by atoms with Crippen molar-refractivity contribution in [2.45, 2.75) is 13.0 Å². The number of halogens is 1. The summed E-state index contributed by atoms with van der Waals surface area (Å²) in [5, 5.41) is 0.581. The van der Waals surface area contributed by atoms with Crippen LogP contribution in [0.15, 0.2) is 48.5 Å². The van der Waals surface area contributed by atoms with Gasteiger partial charge in [0.1, 0.15) is 5.75 Å². The van der Waals surface area contributed by atoms with Crippen molar-refractivity contribution in [2.24, 2.45) is 0 Å². The molecule has 0 aliphatic carbocycles. The van der Waals surface area contributed by atoms with Crippen LogP contribution < -0.4 is 4.74 Å². The fourth-order valence-electron chi connectivity index (χ4n) is 1.87. The molecule has 114 valence electrons. The van der Waals surface area contributed by atoms with Crippen LogP contribution >= 0.6 is 11.6 Å². The molecule has 0 aromatic heterocycles. The molecule has 0 saturated heterocycles. The summed E-state index contributed by atoms with van der Waals surface area (Å²) in [6, 6.07) is 13.3. The first-order chi connectivity index (χ1) is 10.5. The number of esters is 1. The van der Waals surface area contributed by atoms with Crippen molar-refractivity contribution >= 4 is 23.4 Å². The number of ketones is 1. The van der Waals surface area contributed by atoms with E-state index in [1.54, 1.807) is 55.5 Å². The minimum absolute atomic E-state index is 0.107. The largest absolute Gasteiger partial charge is 0.479 e. The Balaban J connectivity index is 2.10. The van der Waals surface area contributed by atoms with Crippen LogP contribution in [0.2, 0.25) is 5.02 Å². The molecular weight excluding hydrogens is 304 g/mol. The van der Waals surface area contributed by atoms with E-state index in [2.05, 4.69) is 4.74 Å². The fraction of sp³-hybridized carbons (Fsp3) is 0.176. The lowest BCUT2D eigenvalue weighted by Crippen LogP contribution is -2.24. The van der Waals surface area contributed by atoms with E-state index in [1.165, 1.54) is 7.11 Å². The fourth-order valence-corrected chi connectivity index (χ4v) is 2.00. The minimum Gasteiger partial charge on any atom is -0.479 e. The predicted octanol–water partition coefficient (Wildman–Crippen LogP) is 3.51. The molecule has 0 N–H and O–H groups in total. The van der Waals surface area contributed by atoms with E-state index in [9.17, 15) is 9.59 Å². The number of rotatable bonds is 5. The average molecular weight is 319 g/mol. The number of hydrogen-bond acceptors (Lipinski definition) is 4. The van der Waals surface area contributed by atoms with Gasteiger partial charge >= 0.3 is 5.97 Å². The number of carbonyl (C=O) groups is 2. The van der Waals surface area contributed by atoms with E-state index >= 15 is 0 Å². The third-order valence-electron chi connectivity index (χ3n) is 3.07. The molecular formula is C17H15ClO4. The summed E-state index contributed by atoms with van der Waals surface area (Å²) < 4.78 is 10.0. The molecule has 0 aliphatic rings. The Bertz CT molecular complexity index is 662. The van der Waals surface area contributed by atoms with Gasteiger partial charge in [0.05, 0.1) is 7.11 Å². The van der Waals surface area contributed by atoms with Crippen molar-refractivity contribution in [3.8, 4) is 5.75 Å². The quantitative estimate of drug-likeness (QED) is 0.625. The lowest BCUT2D eigenvalue weighted by Gasteiger charge is -2.12. The highest BCUT2D eigenvalue weighted by atomic mass is 35.5. The molecule has 4 nitrogen and oxygen atoms in total. The topological polar surface area (TPSA) is 52.6 Å². The molecule has 2 aromatic rings. The molecule has 0 aliphatic heterocycles. The Morgan fingerprint density at radius 1 is 0.955 bits per heavy atom. The Labute approximate surface area is 133 Å². The van der Waals surface area contributed by atoms with Gasteiger partial charge in [-0.25, -0.2) is 4.79 Å². The van der Waals surface area contributed by atoms with Gasteiger partial charge < -0.3 is 9.47 Å². The van der Waals surface area contributed by atoms with Gasteiger partial charge in [0.25, 0.3) is 0 Å². The van der Waals surface area contributed by atoms with Crippen molar-refractivity contribution < 1.29 is 19.1 Å². The summed E-state index contributed by atoms with van der Waals surface area (Å²) in [4.78, 5) is 23.6. The maximum atomic E-state index is 12.3. The highest BCUT2D eigenvalue weighted by Crippen LogP contribution is 2.18. The van der Waals surface area contributed by atoms with Crippen molar-refractivity contribution in [3.05, 3.63) is 64.7 Å². The normalized spacial score (nSPS) is 11.6. The molecule has 2 rings (SSSR count). The summed E-state index contributed by atoms with van der Waals surface area (Å²) in [6.07, 6.45) is -0.706. The van der Waals surface area contributed by atoms with E-state index in [0.717, 1.165) is 0 Å². The van der Waals surface area contributed by atoms with Crippen molar-refractivity contribution in [1.29, 1.82) is 0 Å². The first-order valence-corrected chi connectivity index (χ1v) is 7.04. The monoisotopic (exact) mass is 318 g/mol. The van der Waals surface area contributed by atoms with Crippen LogP contribution in [0, 0.1) is 0 Å². The average Bonchev–Trinajstić information content (AvgIpc) is 2.54. The summed E-state index contributed by atoms with van der Waals surface area (Å²) in [7, 11) is 1.30. The standard InChI is InChI=1S/C17H15ClO4/c1-11(17(20)21-2)22-15-9-5-13(6-10-15)16(19)12-3-7-14(18)8-4-12/h3-11H,1-2H3. The van der Waals surface area contributed by atoms with Crippen LogP contribution in [0.5, 0.6) is 5.75 Å². The summed E-state index contributed by atoms with van der Waals surface area (Å²) in [5.41, 5.74) is 1.08. The second kappa shape index (κ2) is 7.09. The predicted molar refractivity (Wildman–Crippen MR) is 83.4 cm³/mol. The van der Waals surface area contributed by atoms with Crippen LogP contribution in [-0.2, 0) is 9.53 Å². The van der Waals surface area contributed by atoms with Crippen LogP contribution in [0.25, 0.3) is 0 Å². The van der Waals surface area contributed by atoms with Gasteiger partial charge in [-0.2, -0.15) is 0 Å². The van der Waals surface area contributed by atoms with E-state index in [0.29, 0.717) is 21.9 Å². The molecule has 2 aromatic carbocycles. The summed E-state index contributed by atoms with van der Waals surface area (Å²) in [5.74, 6) is -0.0730. The van der Waals surface area contributed by atoms with Gasteiger partial charge in [-0.1, -0.05) is 11.6 Å². The first-order valence-electron chi connectivity index (χ1n) is 6.66. The third kappa shape index (κ3) is 3.86. The number of carbonyl (C=O) groups excluding carboxylic acids is 2. The SMILES string of the molecule is COC(=O)C(C)Oc1ccc(C(=O)c2ccc(Cl)cc2)cc1. The van der Waals surface area contributed by atoms with E-state index in [1.807, 2.05) is 0 Å². The molecule has 1 atom stereocenters. The minimum atomic E-state index is -0.706. The van der Waals surface area contributed by atoms with Crippen LogP contribution in [0.4, 0.5) is 0 Å². The zero-order valence-corrected chi connectivity index (χ0v) is 13.0. The lowest BCUT2D eigenvalue weighted by molar-refractivity contribution is -0.147. The maximum absolute atomic E-state index is 12.3. The summed E-state index contributed by atoms with van der Waals surface area (Å²) in [6.45, 7) is 1.60. The van der Waals surface area contributed by atoms with Gasteiger partial charge in [-0.15, -0.1) is 0 Å². The molecule has 0 amide bonds. The van der Waals surface area contributed by atoms with E-state index in [-0.39, 0.29) is 5.78 Å². The Morgan fingerprint density at radius 2 is 1.45 bits per heavy atom. The lowest BCUT2D eigenvalue weighted by atomic mass is 10.0. The molecule has 0 radical (unpaired) electrons. The smallest absolute Gasteiger partial charge is 0.346 e. The van der Waals surface area contributed by atoms with Crippen molar-refractivity contribution in [3.63, 3.8) is 0 Å². The molecule has 0 heterocycles. The molecule has 0 saturated carbocycles. The Hall–Kier alpha value is -2.33. The van der Waals surface area contributed by atoms with Crippen molar-refractivity contribution in [1.82, 2.24) is 0 Å². The molecule has 22 heavy (non-hydrogen) atoms. The van der Waals surface area contributed by atoms with Crippen LogP contribution in [-0.4, -0.2) is 25.0 Å². The van der Waals surface area contributed by atoms with Gasteiger partial charge in [-0.3, -0.25) is 4.79 Å².